The third-order valence-corrected chi connectivity index (χ3v) is 2.65. The van der Waals surface area contributed by atoms with Gasteiger partial charge >= 0.3 is 0 Å². The highest BCUT2D eigenvalue weighted by Gasteiger charge is 2.17. The lowest BCUT2D eigenvalue weighted by atomic mass is 10.1. The Balaban J connectivity index is 2.69. The van der Waals surface area contributed by atoms with Crippen molar-refractivity contribution in [2.45, 2.75) is 39.7 Å². The average molecular weight is 293 g/mol. The van der Waals surface area contributed by atoms with Crippen LogP contribution in [0.1, 0.15) is 43.5 Å². The Bertz CT molecular complexity index is 479. The van der Waals surface area contributed by atoms with Crippen molar-refractivity contribution < 1.29 is 4.79 Å². The van der Waals surface area contributed by atoms with E-state index in [4.69, 9.17) is 0 Å². The molecule has 6 nitrogen and oxygen atoms in total. The summed E-state index contributed by atoms with van der Waals surface area (Å²) in [5, 5.41) is 6.15. The number of amides is 1. The first kappa shape index (κ1) is 17.4. The molecule has 118 valence electrons. The maximum absolute atomic E-state index is 12.1. The van der Waals surface area contributed by atoms with Gasteiger partial charge < -0.3 is 15.5 Å². The molecular weight excluding hydrogens is 266 g/mol. The second-order valence-corrected chi connectivity index (χ2v) is 6.47. The maximum atomic E-state index is 12.1. The Hall–Kier alpha value is -1.69. The lowest BCUT2D eigenvalue weighted by Crippen LogP contribution is -2.41. The van der Waals surface area contributed by atoms with Crippen molar-refractivity contribution in [3.63, 3.8) is 0 Å². The van der Waals surface area contributed by atoms with Crippen LogP contribution in [0.5, 0.6) is 0 Å². The summed E-state index contributed by atoms with van der Waals surface area (Å²) in [5.74, 6) is 1.11. The Morgan fingerprint density at radius 1 is 1.29 bits per heavy atom. The van der Waals surface area contributed by atoms with Gasteiger partial charge in [-0.05, 0) is 54.8 Å². The number of carbonyl (C=O) groups excluding carboxylic acids is 1. The summed E-state index contributed by atoms with van der Waals surface area (Å²) in [5.41, 5.74) is 0.113. The Morgan fingerprint density at radius 2 is 1.95 bits per heavy atom. The highest BCUT2D eigenvalue weighted by atomic mass is 16.2. The molecule has 1 aromatic rings. The molecule has 0 aliphatic heterocycles. The van der Waals surface area contributed by atoms with Gasteiger partial charge in [0.1, 0.15) is 17.3 Å². The van der Waals surface area contributed by atoms with Gasteiger partial charge in [0.25, 0.3) is 5.91 Å². The molecule has 0 aliphatic carbocycles. The molecule has 1 amide bonds. The fraction of sp³-hybridized carbons (Fsp3) is 0.667. The Kier molecular flexibility index (Phi) is 6.08. The molecule has 0 aliphatic rings. The highest BCUT2D eigenvalue weighted by Crippen LogP contribution is 2.09. The SMILES string of the molecule is Cc1nc(NCCCN(C)C)cc(C(=O)NC(C)(C)C)n1. The van der Waals surface area contributed by atoms with Crippen LogP contribution in [-0.2, 0) is 0 Å². The fourth-order valence-electron chi connectivity index (χ4n) is 1.79. The van der Waals surface area contributed by atoms with Crippen molar-refractivity contribution in [3.05, 3.63) is 17.6 Å². The quantitative estimate of drug-likeness (QED) is 0.781. The van der Waals surface area contributed by atoms with Crippen LogP contribution in [-0.4, -0.2) is 53.5 Å². The summed E-state index contributed by atoms with van der Waals surface area (Å²) in [7, 11) is 4.09. The summed E-state index contributed by atoms with van der Waals surface area (Å²) >= 11 is 0. The third-order valence-electron chi connectivity index (χ3n) is 2.65. The summed E-state index contributed by atoms with van der Waals surface area (Å²) in [4.78, 5) is 22.8. The number of rotatable bonds is 6. The molecule has 0 spiro atoms. The summed E-state index contributed by atoms with van der Waals surface area (Å²) < 4.78 is 0. The minimum Gasteiger partial charge on any atom is -0.370 e. The largest absolute Gasteiger partial charge is 0.370 e. The van der Waals surface area contributed by atoms with Gasteiger partial charge in [-0.2, -0.15) is 0 Å². The van der Waals surface area contributed by atoms with Crippen LogP contribution < -0.4 is 10.6 Å². The smallest absolute Gasteiger partial charge is 0.270 e. The molecule has 0 bridgehead atoms. The van der Waals surface area contributed by atoms with Crippen molar-refractivity contribution in [2.75, 3.05) is 32.5 Å². The molecular formula is C15H27N5O. The van der Waals surface area contributed by atoms with Gasteiger partial charge in [0.05, 0.1) is 0 Å². The lowest BCUT2D eigenvalue weighted by molar-refractivity contribution is 0.0914. The van der Waals surface area contributed by atoms with E-state index in [2.05, 4.69) is 25.5 Å². The number of hydrogen-bond donors (Lipinski definition) is 2. The van der Waals surface area contributed by atoms with Crippen LogP contribution >= 0.6 is 0 Å². The zero-order valence-corrected chi connectivity index (χ0v) is 13.9. The fourth-order valence-corrected chi connectivity index (χ4v) is 1.79. The van der Waals surface area contributed by atoms with Crippen LogP contribution in [0.15, 0.2) is 6.07 Å². The minimum absolute atomic E-state index is 0.177. The first-order chi connectivity index (χ1) is 9.67. The van der Waals surface area contributed by atoms with Gasteiger partial charge in [0.15, 0.2) is 0 Å². The van der Waals surface area contributed by atoms with Crippen LogP contribution in [0.25, 0.3) is 0 Å². The lowest BCUT2D eigenvalue weighted by Gasteiger charge is -2.20. The number of hydrogen-bond acceptors (Lipinski definition) is 5. The monoisotopic (exact) mass is 293 g/mol. The number of aryl methyl sites for hydroxylation is 1. The van der Waals surface area contributed by atoms with Crippen molar-refractivity contribution in [1.29, 1.82) is 0 Å². The van der Waals surface area contributed by atoms with E-state index < -0.39 is 0 Å². The van der Waals surface area contributed by atoms with E-state index in [1.54, 1.807) is 13.0 Å². The third kappa shape index (κ3) is 7.04. The zero-order chi connectivity index (χ0) is 16.0. The molecule has 0 fully saturated rings. The average Bonchev–Trinajstić information content (AvgIpc) is 2.31. The molecule has 0 radical (unpaired) electrons. The molecule has 0 saturated heterocycles. The summed E-state index contributed by atoms with van der Waals surface area (Å²) in [6.45, 7) is 9.44. The molecule has 1 heterocycles. The Morgan fingerprint density at radius 3 is 2.52 bits per heavy atom. The van der Waals surface area contributed by atoms with E-state index in [9.17, 15) is 4.79 Å². The van der Waals surface area contributed by atoms with Gasteiger partial charge in [0, 0.05) is 18.2 Å². The Labute approximate surface area is 127 Å². The number of aromatic nitrogens is 2. The maximum Gasteiger partial charge on any atom is 0.270 e. The number of carbonyl (C=O) groups is 1. The van der Waals surface area contributed by atoms with E-state index in [1.807, 2.05) is 34.9 Å². The number of nitrogens with one attached hydrogen (secondary N) is 2. The first-order valence-corrected chi connectivity index (χ1v) is 7.24. The normalized spacial score (nSPS) is 11.6. The van der Waals surface area contributed by atoms with Crippen LogP contribution in [0.2, 0.25) is 0 Å². The second kappa shape index (κ2) is 7.36. The van der Waals surface area contributed by atoms with Gasteiger partial charge in [-0.25, -0.2) is 9.97 Å². The van der Waals surface area contributed by atoms with Crippen LogP contribution in [0.4, 0.5) is 5.82 Å². The molecule has 21 heavy (non-hydrogen) atoms. The molecule has 0 saturated carbocycles. The first-order valence-electron chi connectivity index (χ1n) is 7.24. The van der Waals surface area contributed by atoms with Crippen LogP contribution in [0, 0.1) is 6.92 Å². The molecule has 1 aromatic heterocycles. The van der Waals surface area contributed by atoms with Crippen molar-refractivity contribution in [2.24, 2.45) is 0 Å². The van der Waals surface area contributed by atoms with Gasteiger partial charge in [-0.3, -0.25) is 4.79 Å². The molecule has 0 aromatic carbocycles. The van der Waals surface area contributed by atoms with Crippen molar-refractivity contribution >= 4 is 11.7 Å². The van der Waals surface area contributed by atoms with Gasteiger partial charge in [0.2, 0.25) is 0 Å². The summed E-state index contributed by atoms with van der Waals surface area (Å²) in [6.07, 6.45) is 1.01. The molecule has 0 unspecified atom stereocenters. The summed E-state index contributed by atoms with van der Waals surface area (Å²) in [6, 6.07) is 1.70. The van der Waals surface area contributed by atoms with E-state index in [1.165, 1.54) is 0 Å². The highest BCUT2D eigenvalue weighted by molar-refractivity contribution is 5.93. The predicted octanol–water partition coefficient (Wildman–Crippen LogP) is 1.68. The molecule has 2 N–H and O–H groups in total. The molecule has 0 atom stereocenters. The minimum atomic E-state index is -0.282. The van der Waals surface area contributed by atoms with Gasteiger partial charge in [-0.1, -0.05) is 0 Å². The van der Waals surface area contributed by atoms with Crippen molar-refractivity contribution in [3.8, 4) is 0 Å². The molecule has 1 rings (SSSR count). The number of anilines is 1. The number of nitrogens with zero attached hydrogens (tertiary/aromatic N) is 3. The molecule has 6 heteroatoms. The van der Waals surface area contributed by atoms with E-state index in [0.717, 1.165) is 19.5 Å². The second-order valence-electron chi connectivity index (χ2n) is 6.47. The van der Waals surface area contributed by atoms with Gasteiger partial charge in [-0.15, -0.1) is 0 Å². The van der Waals surface area contributed by atoms with E-state index >= 15 is 0 Å². The predicted molar refractivity (Wildman–Crippen MR) is 85.6 cm³/mol. The topological polar surface area (TPSA) is 70.2 Å². The standard InChI is InChI=1S/C15H27N5O/c1-11-17-12(14(21)19-15(2,3)4)10-13(18-11)16-8-7-9-20(5)6/h10H,7-9H2,1-6H3,(H,19,21)(H,16,17,18). The van der Waals surface area contributed by atoms with E-state index in [-0.39, 0.29) is 11.4 Å². The van der Waals surface area contributed by atoms with E-state index in [0.29, 0.717) is 17.3 Å². The van der Waals surface area contributed by atoms with Crippen LogP contribution in [0.3, 0.4) is 0 Å². The van der Waals surface area contributed by atoms with Crippen molar-refractivity contribution in [1.82, 2.24) is 20.2 Å². The zero-order valence-electron chi connectivity index (χ0n) is 13.9.